The molecule has 2 aromatic heterocycles. The third-order valence-corrected chi connectivity index (χ3v) is 4.99. The molecule has 3 rings (SSSR count). The van der Waals surface area contributed by atoms with E-state index in [1.165, 1.54) is 23.4 Å². The Bertz CT molecular complexity index is 1120. The Morgan fingerprint density at radius 3 is 2.61 bits per heavy atom. The standard InChI is InChI=1S/C26H30N2O5/c1-19(2)28(26(31)21-11-9-20(10-12-21)23-7-6-16-32-23)18-22-13-14-27-17-24(22)33-15-5-3-4-8-25(29)30/h6-7,9-14,16-17,19H,3-5,8,15,18H2,1-2H3,(H,29,30)/i18D2. The van der Waals surface area contributed by atoms with Crippen molar-refractivity contribution in [3.63, 3.8) is 0 Å². The second-order valence-corrected chi connectivity index (χ2v) is 7.86. The molecule has 2 heterocycles. The summed E-state index contributed by atoms with van der Waals surface area (Å²) in [6.45, 7) is 1.64. The van der Waals surface area contributed by atoms with Gasteiger partial charge in [0.1, 0.15) is 11.5 Å². The van der Waals surface area contributed by atoms with Crippen LogP contribution in [0.1, 0.15) is 58.2 Å². The fraction of sp³-hybridized carbons (Fsp3) is 0.346. The zero-order chi connectivity index (χ0) is 25.4. The third kappa shape index (κ3) is 6.94. The third-order valence-electron chi connectivity index (χ3n) is 4.99. The van der Waals surface area contributed by atoms with Crippen molar-refractivity contribution in [1.82, 2.24) is 9.88 Å². The number of ether oxygens (including phenoxy) is 1. The van der Waals surface area contributed by atoms with Crippen LogP contribution < -0.4 is 4.74 Å². The highest BCUT2D eigenvalue weighted by atomic mass is 16.5. The Balaban J connectivity index is 1.78. The number of carbonyl (C=O) groups excluding carboxylic acids is 1. The SMILES string of the molecule is [2H]C([2H])(c1ccncc1OCCCCCC(=O)O)N(C(=O)c1ccc(-c2ccco2)cc1)C(C)C. The first-order valence-electron chi connectivity index (χ1n) is 12.0. The molecule has 1 aromatic carbocycles. The lowest BCUT2D eigenvalue weighted by molar-refractivity contribution is -0.137. The monoisotopic (exact) mass is 452 g/mol. The van der Waals surface area contributed by atoms with Crippen LogP contribution in [0.5, 0.6) is 5.75 Å². The quantitative estimate of drug-likeness (QED) is 0.369. The molecule has 1 N–H and O–H groups in total. The van der Waals surface area contributed by atoms with Gasteiger partial charge >= 0.3 is 5.97 Å². The van der Waals surface area contributed by atoms with Crippen LogP contribution in [0.15, 0.2) is 65.5 Å². The van der Waals surface area contributed by atoms with E-state index in [2.05, 4.69) is 4.98 Å². The highest BCUT2D eigenvalue weighted by Gasteiger charge is 2.21. The van der Waals surface area contributed by atoms with Crippen molar-refractivity contribution >= 4 is 11.9 Å². The molecule has 0 aliphatic rings. The van der Waals surface area contributed by atoms with Crippen LogP contribution in [0.3, 0.4) is 0 Å². The van der Waals surface area contributed by atoms with Gasteiger partial charge < -0.3 is 19.2 Å². The van der Waals surface area contributed by atoms with Gasteiger partial charge in [-0.2, -0.15) is 0 Å². The number of aliphatic carboxylic acids is 1. The summed E-state index contributed by atoms with van der Waals surface area (Å²) in [4.78, 5) is 29.4. The fourth-order valence-electron chi connectivity index (χ4n) is 3.23. The Hall–Kier alpha value is -3.61. The molecule has 0 radical (unpaired) electrons. The van der Waals surface area contributed by atoms with Crippen molar-refractivity contribution in [2.45, 2.75) is 52.1 Å². The topological polar surface area (TPSA) is 92.9 Å². The van der Waals surface area contributed by atoms with Crippen LogP contribution in [-0.2, 0) is 11.3 Å². The van der Waals surface area contributed by atoms with Crippen molar-refractivity contribution in [3.8, 4) is 17.1 Å². The number of pyridine rings is 1. The molecular weight excluding hydrogens is 420 g/mol. The average Bonchev–Trinajstić information content (AvgIpc) is 3.36. The number of carboxylic acids is 1. The molecule has 0 aliphatic carbocycles. The number of furan rings is 1. The van der Waals surface area contributed by atoms with E-state index in [1.54, 1.807) is 50.4 Å². The summed E-state index contributed by atoms with van der Waals surface area (Å²) in [5.74, 6) is -0.348. The molecule has 0 saturated carbocycles. The molecule has 0 bridgehead atoms. The molecule has 1 amide bonds. The molecule has 7 heteroatoms. The maximum absolute atomic E-state index is 13.5. The summed E-state index contributed by atoms with van der Waals surface area (Å²) in [6, 6.07) is 11.5. The lowest BCUT2D eigenvalue weighted by Crippen LogP contribution is -2.36. The summed E-state index contributed by atoms with van der Waals surface area (Å²) in [5.41, 5.74) is 1.37. The van der Waals surface area contributed by atoms with Crippen LogP contribution in [0, 0.1) is 0 Å². The number of unbranched alkanes of at least 4 members (excludes halogenated alkanes) is 2. The number of nitrogens with zero attached hydrogens (tertiary/aromatic N) is 2. The second kappa shape index (κ2) is 11.9. The number of rotatable bonds is 12. The van der Waals surface area contributed by atoms with Crippen LogP contribution in [0.25, 0.3) is 11.3 Å². The van der Waals surface area contributed by atoms with E-state index in [0.29, 0.717) is 30.6 Å². The molecule has 0 unspecified atom stereocenters. The van der Waals surface area contributed by atoms with Gasteiger partial charge in [-0.15, -0.1) is 0 Å². The first-order chi connectivity index (χ1) is 16.7. The van der Waals surface area contributed by atoms with E-state index in [0.717, 1.165) is 5.56 Å². The Morgan fingerprint density at radius 1 is 1.15 bits per heavy atom. The summed E-state index contributed by atoms with van der Waals surface area (Å²) >= 11 is 0. The predicted octanol–water partition coefficient (Wildman–Crippen LogP) is 5.42. The average molecular weight is 453 g/mol. The van der Waals surface area contributed by atoms with Gasteiger partial charge in [-0.25, -0.2) is 0 Å². The minimum Gasteiger partial charge on any atom is -0.492 e. The lowest BCUT2D eigenvalue weighted by Gasteiger charge is -2.28. The second-order valence-electron chi connectivity index (χ2n) is 7.86. The highest BCUT2D eigenvalue weighted by Crippen LogP contribution is 2.24. The van der Waals surface area contributed by atoms with Crippen molar-refractivity contribution in [2.75, 3.05) is 6.61 Å². The van der Waals surface area contributed by atoms with Crippen LogP contribution >= 0.6 is 0 Å². The Labute approximate surface area is 196 Å². The van der Waals surface area contributed by atoms with Gasteiger partial charge in [-0.1, -0.05) is 12.1 Å². The molecule has 0 aliphatic heterocycles. The Morgan fingerprint density at radius 2 is 1.94 bits per heavy atom. The number of hydrogen-bond donors (Lipinski definition) is 1. The van der Waals surface area contributed by atoms with E-state index in [4.69, 9.17) is 17.0 Å². The zero-order valence-corrected chi connectivity index (χ0v) is 18.9. The molecule has 0 fully saturated rings. The summed E-state index contributed by atoms with van der Waals surface area (Å²) in [7, 11) is 0. The van der Waals surface area contributed by atoms with Crippen molar-refractivity contribution < 1.29 is 26.6 Å². The van der Waals surface area contributed by atoms with E-state index in [1.807, 2.05) is 6.07 Å². The molecular formula is C26H30N2O5. The van der Waals surface area contributed by atoms with Crippen LogP contribution in [-0.4, -0.2) is 39.5 Å². The number of carboxylic acid groups (broad SMARTS) is 1. The smallest absolute Gasteiger partial charge is 0.303 e. The maximum atomic E-state index is 13.5. The van der Waals surface area contributed by atoms with Gasteiger partial charge in [0.25, 0.3) is 5.91 Å². The number of hydrogen-bond acceptors (Lipinski definition) is 5. The van der Waals surface area contributed by atoms with Gasteiger partial charge in [0.2, 0.25) is 0 Å². The predicted molar refractivity (Wildman–Crippen MR) is 125 cm³/mol. The minimum atomic E-state index is -2.17. The van der Waals surface area contributed by atoms with Crippen LogP contribution in [0.2, 0.25) is 0 Å². The maximum Gasteiger partial charge on any atom is 0.303 e. The molecule has 7 nitrogen and oxygen atoms in total. The molecule has 33 heavy (non-hydrogen) atoms. The summed E-state index contributed by atoms with van der Waals surface area (Å²) < 4.78 is 29.0. The van der Waals surface area contributed by atoms with Gasteiger partial charge in [0.05, 0.1) is 28.3 Å². The van der Waals surface area contributed by atoms with Gasteiger partial charge in [0, 0.05) is 35.3 Å². The largest absolute Gasteiger partial charge is 0.492 e. The van der Waals surface area contributed by atoms with Crippen molar-refractivity contribution in [2.24, 2.45) is 0 Å². The first-order valence-corrected chi connectivity index (χ1v) is 11.0. The minimum absolute atomic E-state index is 0.106. The molecule has 174 valence electrons. The molecule has 3 aromatic rings. The fourth-order valence-corrected chi connectivity index (χ4v) is 3.23. The molecule has 0 saturated heterocycles. The number of carbonyl (C=O) groups is 2. The van der Waals surface area contributed by atoms with E-state index in [9.17, 15) is 9.59 Å². The number of aromatic nitrogens is 1. The summed E-state index contributed by atoms with van der Waals surface area (Å²) in [5, 5.41) is 8.74. The summed E-state index contributed by atoms with van der Waals surface area (Å²) in [6.07, 6.45) is 6.44. The van der Waals surface area contributed by atoms with Gasteiger partial charge in [0.15, 0.2) is 0 Å². The lowest BCUT2D eigenvalue weighted by atomic mass is 10.1. The van der Waals surface area contributed by atoms with Crippen LogP contribution in [0.4, 0.5) is 0 Å². The zero-order valence-electron chi connectivity index (χ0n) is 20.9. The van der Waals surface area contributed by atoms with Crippen molar-refractivity contribution in [3.05, 3.63) is 72.2 Å². The highest BCUT2D eigenvalue weighted by molar-refractivity contribution is 5.94. The number of benzene rings is 1. The van der Waals surface area contributed by atoms with Gasteiger partial charge in [-0.3, -0.25) is 14.6 Å². The van der Waals surface area contributed by atoms with Gasteiger partial charge in [-0.05, 0) is 63.4 Å². The van der Waals surface area contributed by atoms with E-state index >= 15 is 0 Å². The number of amides is 1. The first kappa shape index (κ1) is 21.2. The molecule has 0 spiro atoms. The van der Waals surface area contributed by atoms with E-state index in [-0.39, 0.29) is 24.3 Å². The molecule has 0 atom stereocenters. The normalized spacial score (nSPS) is 12.2. The Kier molecular flexibility index (Phi) is 7.63. The van der Waals surface area contributed by atoms with Crippen molar-refractivity contribution in [1.29, 1.82) is 0 Å². The van der Waals surface area contributed by atoms with E-state index < -0.39 is 24.4 Å².